The van der Waals surface area contributed by atoms with Crippen molar-refractivity contribution in [1.82, 2.24) is 19.4 Å². The molecule has 0 aliphatic carbocycles. The quantitative estimate of drug-likeness (QED) is 0.527. The van der Waals surface area contributed by atoms with E-state index >= 15 is 0 Å². The average molecular weight is 405 g/mol. The molecule has 148 valence electrons. The van der Waals surface area contributed by atoms with Gasteiger partial charge in [-0.2, -0.15) is 0 Å². The molecule has 1 fully saturated rings. The van der Waals surface area contributed by atoms with Crippen molar-refractivity contribution < 1.29 is 0 Å². The predicted octanol–water partition coefficient (Wildman–Crippen LogP) is 4.89. The molecule has 0 bridgehead atoms. The van der Waals surface area contributed by atoms with Gasteiger partial charge in [-0.1, -0.05) is 30.3 Å². The minimum absolute atomic E-state index is 0.0495. The topological polar surface area (TPSA) is 53.9 Å². The van der Waals surface area contributed by atoms with Gasteiger partial charge >= 0.3 is 0 Å². The first-order valence-electron chi connectivity index (χ1n) is 10.1. The van der Waals surface area contributed by atoms with E-state index in [1.807, 2.05) is 35.7 Å². The number of hydrogen-bond donors (Lipinski definition) is 1. The number of benzene rings is 1. The third kappa shape index (κ3) is 3.12. The van der Waals surface area contributed by atoms with Crippen LogP contribution in [0.4, 0.5) is 0 Å². The number of nitrogens with one attached hydrogen (secondary N) is 1. The van der Waals surface area contributed by atoms with Crippen molar-refractivity contribution in [2.75, 3.05) is 6.54 Å². The Morgan fingerprint density at radius 2 is 2.03 bits per heavy atom. The second-order valence-corrected chi connectivity index (χ2v) is 8.62. The zero-order valence-corrected chi connectivity index (χ0v) is 17.4. The normalized spacial score (nSPS) is 18.5. The number of nitrogens with zero attached hydrogens (tertiary/aromatic N) is 3. The van der Waals surface area contributed by atoms with Crippen LogP contribution in [0.5, 0.6) is 0 Å². The van der Waals surface area contributed by atoms with Crippen LogP contribution in [0.15, 0.2) is 58.8 Å². The summed E-state index contributed by atoms with van der Waals surface area (Å²) in [5, 5.41) is 2.73. The first-order valence-corrected chi connectivity index (χ1v) is 11.0. The Balaban J connectivity index is 1.52. The van der Waals surface area contributed by atoms with Crippen molar-refractivity contribution in [3.05, 3.63) is 75.9 Å². The van der Waals surface area contributed by atoms with Crippen LogP contribution >= 0.6 is 11.3 Å². The number of H-pyrrole nitrogens is 1. The van der Waals surface area contributed by atoms with E-state index < -0.39 is 0 Å². The Labute approximate surface area is 173 Å². The van der Waals surface area contributed by atoms with Gasteiger partial charge in [-0.25, -0.2) is 4.98 Å². The summed E-state index contributed by atoms with van der Waals surface area (Å²) in [5.74, 6) is 0.755. The molecule has 29 heavy (non-hydrogen) atoms. The highest BCUT2D eigenvalue weighted by Crippen LogP contribution is 2.38. The molecule has 0 unspecified atom stereocenters. The van der Waals surface area contributed by atoms with E-state index in [0.29, 0.717) is 11.4 Å². The fourth-order valence-electron chi connectivity index (χ4n) is 4.54. The maximum absolute atomic E-state index is 13.0. The summed E-state index contributed by atoms with van der Waals surface area (Å²) in [6.07, 6.45) is 4.38. The van der Waals surface area contributed by atoms with E-state index in [1.54, 1.807) is 11.3 Å². The lowest BCUT2D eigenvalue weighted by molar-refractivity contribution is 0.181. The molecule has 3 aromatic heterocycles. The molecule has 1 saturated heterocycles. The lowest BCUT2D eigenvalue weighted by Crippen LogP contribution is -2.30. The fourth-order valence-corrected chi connectivity index (χ4v) is 5.50. The van der Waals surface area contributed by atoms with Crippen molar-refractivity contribution in [2.45, 2.75) is 31.8 Å². The van der Waals surface area contributed by atoms with Gasteiger partial charge < -0.3 is 9.55 Å². The predicted molar refractivity (Wildman–Crippen MR) is 118 cm³/mol. The van der Waals surface area contributed by atoms with Crippen LogP contribution in [0.3, 0.4) is 0 Å². The highest BCUT2D eigenvalue weighted by molar-refractivity contribution is 7.17. The molecule has 0 radical (unpaired) electrons. The van der Waals surface area contributed by atoms with Crippen molar-refractivity contribution >= 4 is 21.6 Å². The van der Waals surface area contributed by atoms with E-state index in [1.165, 1.54) is 5.69 Å². The molecule has 6 heteroatoms. The Kier molecular flexibility index (Phi) is 4.60. The smallest absolute Gasteiger partial charge is 0.260 e. The lowest BCUT2D eigenvalue weighted by Gasteiger charge is -2.30. The summed E-state index contributed by atoms with van der Waals surface area (Å²) in [4.78, 5) is 24.3. The number of rotatable bonds is 4. The van der Waals surface area contributed by atoms with Crippen LogP contribution in [0.1, 0.15) is 43.4 Å². The highest BCUT2D eigenvalue weighted by Gasteiger charge is 2.33. The number of aromatic amines is 1. The van der Waals surface area contributed by atoms with E-state index in [9.17, 15) is 4.79 Å². The van der Waals surface area contributed by atoms with Gasteiger partial charge in [0, 0.05) is 29.9 Å². The molecule has 1 N–H and O–H groups in total. The number of likely N-dealkylation sites (tertiary alicyclic amines) is 1. The lowest BCUT2D eigenvalue weighted by atomic mass is 10.1. The van der Waals surface area contributed by atoms with Gasteiger partial charge in [-0.05, 0) is 44.0 Å². The Morgan fingerprint density at radius 1 is 1.21 bits per heavy atom. The maximum atomic E-state index is 13.0. The molecule has 0 saturated carbocycles. The minimum Gasteiger partial charge on any atom is -0.353 e. The van der Waals surface area contributed by atoms with E-state index in [2.05, 4.69) is 46.8 Å². The first kappa shape index (κ1) is 18.3. The summed E-state index contributed by atoms with van der Waals surface area (Å²) in [6.45, 7) is 3.16. The summed E-state index contributed by atoms with van der Waals surface area (Å²) < 4.78 is 2.19. The number of aromatic nitrogens is 3. The Hall–Kier alpha value is -2.70. The molecule has 1 aromatic carbocycles. The van der Waals surface area contributed by atoms with E-state index in [4.69, 9.17) is 4.98 Å². The van der Waals surface area contributed by atoms with Crippen LogP contribution in [0.25, 0.3) is 21.3 Å². The summed E-state index contributed by atoms with van der Waals surface area (Å²) >= 11 is 1.54. The van der Waals surface area contributed by atoms with Crippen LogP contribution in [-0.4, -0.2) is 26.0 Å². The second-order valence-electron chi connectivity index (χ2n) is 7.76. The number of aryl methyl sites for hydroxylation is 1. The van der Waals surface area contributed by atoms with Gasteiger partial charge in [0.15, 0.2) is 0 Å². The third-order valence-electron chi connectivity index (χ3n) is 6.06. The van der Waals surface area contributed by atoms with Crippen LogP contribution in [-0.2, 0) is 7.05 Å². The number of thiophene rings is 1. The van der Waals surface area contributed by atoms with E-state index in [0.717, 1.165) is 41.2 Å². The fraction of sp³-hybridized carbons (Fsp3) is 0.304. The van der Waals surface area contributed by atoms with Gasteiger partial charge in [0.05, 0.1) is 17.5 Å². The van der Waals surface area contributed by atoms with Crippen LogP contribution in [0, 0.1) is 0 Å². The van der Waals surface area contributed by atoms with Crippen molar-refractivity contribution in [2.24, 2.45) is 7.05 Å². The maximum Gasteiger partial charge on any atom is 0.260 e. The van der Waals surface area contributed by atoms with E-state index in [-0.39, 0.29) is 11.6 Å². The average Bonchev–Trinajstić information content (AvgIpc) is 3.47. The van der Waals surface area contributed by atoms with Crippen molar-refractivity contribution in [1.29, 1.82) is 0 Å². The van der Waals surface area contributed by atoms with Gasteiger partial charge in [-0.15, -0.1) is 11.3 Å². The summed E-state index contributed by atoms with van der Waals surface area (Å²) in [6, 6.07) is 14.7. The minimum atomic E-state index is -0.0495. The van der Waals surface area contributed by atoms with Gasteiger partial charge in [0.1, 0.15) is 10.7 Å². The molecule has 1 aliphatic rings. The molecular weight excluding hydrogens is 380 g/mol. The molecule has 1 aliphatic heterocycles. The molecule has 4 aromatic rings. The molecule has 0 amide bonds. The monoisotopic (exact) mass is 404 g/mol. The molecule has 5 rings (SSSR count). The third-order valence-corrected chi connectivity index (χ3v) is 6.93. The van der Waals surface area contributed by atoms with Crippen molar-refractivity contribution in [3.63, 3.8) is 0 Å². The SMILES string of the molecule is C[C@H](c1nc2scc(-c3ccccc3)c2c(=O)[nH]1)N1CCC[C@H]1c1cccn1C. The molecule has 4 heterocycles. The zero-order chi connectivity index (χ0) is 20.0. The Bertz CT molecular complexity index is 1210. The molecule has 2 atom stereocenters. The van der Waals surface area contributed by atoms with Crippen LogP contribution < -0.4 is 5.56 Å². The summed E-state index contributed by atoms with van der Waals surface area (Å²) in [5.41, 5.74) is 3.28. The van der Waals surface area contributed by atoms with Gasteiger partial charge in [0.25, 0.3) is 5.56 Å². The largest absolute Gasteiger partial charge is 0.353 e. The number of hydrogen-bond acceptors (Lipinski definition) is 4. The summed E-state index contributed by atoms with van der Waals surface area (Å²) in [7, 11) is 2.10. The Morgan fingerprint density at radius 3 is 2.79 bits per heavy atom. The van der Waals surface area contributed by atoms with Gasteiger partial charge in [0.2, 0.25) is 0 Å². The first-order chi connectivity index (χ1) is 14.1. The van der Waals surface area contributed by atoms with Crippen LogP contribution in [0.2, 0.25) is 0 Å². The molecule has 5 nitrogen and oxygen atoms in total. The van der Waals surface area contributed by atoms with Gasteiger partial charge in [-0.3, -0.25) is 9.69 Å². The molecule has 0 spiro atoms. The second kappa shape index (κ2) is 7.28. The zero-order valence-electron chi connectivity index (χ0n) is 16.6. The van der Waals surface area contributed by atoms with Crippen molar-refractivity contribution in [3.8, 4) is 11.1 Å². The highest BCUT2D eigenvalue weighted by atomic mass is 32.1. The number of fused-ring (bicyclic) bond motifs is 1. The standard InChI is InChI=1S/C23H24N4OS/c1-15(27-13-7-11-19(27)18-10-6-12-26(18)2)21-24-22(28)20-17(14-29-23(20)25-21)16-8-4-3-5-9-16/h3-6,8-10,12,14-15,19H,7,11,13H2,1-2H3,(H,24,25,28)/t15-,19+/m1/s1. The molecular formula is C23H24N4OS.